The van der Waals surface area contributed by atoms with E-state index in [1.54, 1.807) is 17.0 Å². The van der Waals surface area contributed by atoms with Gasteiger partial charge in [0.1, 0.15) is 11.5 Å². The van der Waals surface area contributed by atoms with Crippen LogP contribution in [-0.2, 0) is 13.0 Å². The Balaban J connectivity index is 1.56. The quantitative estimate of drug-likeness (QED) is 0.610. The number of rotatable bonds is 5. The summed E-state index contributed by atoms with van der Waals surface area (Å²) in [5, 5.41) is 11.7. The fourth-order valence-electron chi connectivity index (χ4n) is 2.38. The summed E-state index contributed by atoms with van der Waals surface area (Å²) in [6.45, 7) is 2.60. The van der Waals surface area contributed by atoms with Gasteiger partial charge in [0.15, 0.2) is 11.4 Å². The van der Waals surface area contributed by atoms with E-state index in [-0.39, 0.29) is 0 Å². The first-order valence-electron chi connectivity index (χ1n) is 7.40. The molecule has 0 atom stereocenters. The lowest BCUT2D eigenvalue weighted by Gasteiger charge is -2.08. The van der Waals surface area contributed by atoms with Gasteiger partial charge >= 0.3 is 0 Å². The van der Waals surface area contributed by atoms with E-state index in [0.29, 0.717) is 18.1 Å². The van der Waals surface area contributed by atoms with Crippen LogP contribution in [0.1, 0.15) is 18.3 Å². The van der Waals surface area contributed by atoms with Crippen LogP contribution in [0.2, 0.25) is 0 Å². The highest BCUT2D eigenvalue weighted by Gasteiger charge is 2.10. The number of hydrogen-bond donors (Lipinski definition) is 1. The van der Waals surface area contributed by atoms with Gasteiger partial charge in [-0.2, -0.15) is 9.61 Å². The van der Waals surface area contributed by atoms with Crippen LogP contribution in [0, 0.1) is 0 Å². The van der Waals surface area contributed by atoms with E-state index < -0.39 is 0 Å². The van der Waals surface area contributed by atoms with Gasteiger partial charge in [-0.05, 0) is 18.6 Å². The van der Waals surface area contributed by atoms with Crippen molar-refractivity contribution in [2.24, 2.45) is 0 Å². The number of aryl methyl sites for hydroxylation is 1. The maximum Gasteiger partial charge on any atom is 0.202 e. The topological polar surface area (TPSA) is 81.4 Å². The minimum atomic E-state index is 0.520. The highest BCUT2D eigenvalue weighted by Crippen LogP contribution is 2.21. The SMILES string of the molecule is CCc1cc(NCc2cc(-c3ccco3)on2)n2nccc2n1. The molecule has 4 aromatic heterocycles. The van der Waals surface area contributed by atoms with E-state index in [1.807, 2.05) is 30.3 Å². The Kier molecular flexibility index (Phi) is 3.30. The minimum absolute atomic E-state index is 0.520. The number of nitrogens with zero attached hydrogens (tertiary/aromatic N) is 4. The largest absolute Gasteiger partial charge is 0.461 e. The van der Waals surface area contributed by atoms with Gasteiger partial charge in [-0.25, -0.2) is 4.98 Å². The van der Waals surface area contributed by atoms with Crippen LogP contribution in [0.3, 0.4) is 0 Å². The Labute approximate surface area is 131 Å². The molecule has 0 aliphatic carbocycles. The Morgan fingerprint density at radius 3 is 2.96 bits per heavy atom. The average molecular weight is 309 g/mol. The molecule has 7 heteroatoms. The minimum Gasteiger partial charge on any atom is -0.461 e. The van der Waals surface area contributed by atoms with Crippen LogP contribution in [-0.4, -0.2) is 19.8 Å². The normalized spacial score (nSPS) is 11.2. The van der Waals surface area contributed by atoms with E-state index in [4.69, 9.17) is 8.94 Å². The van der Waals surface area contributed by atoms with Crippen molar-refractivity contribution in [3.63, 3.8) is 0 Å². The predicted molar refractivity (Wildman–Crippen MR) is 83.9 cm³/mol. The standard InChI is InChI=1S/C16H15N5O2/c1-2-11-9-16(21-15(19-11)5-6-18-21)17-10-12-8-14(23-20-12)13-4-3-7-22-13/h3-9,17H,2,10H2,1H3. The Hall–Kier alpha value is -3.09. The maximum absolute atomic E-state index is 5.30. The molecule has 4 aromatic rings. The van der Waals surface area contributed by atoms with Crippen molar-refractivity contribution in [1.29, 1.82) is 0 Å². The fraction of sp³-hybridized carbons (Fsp3) is 0.188. The molecule has 0 unspecified atom stereocenters. The number of aromatic nitrogens is 4. The van der Waals surface area contributed by atoms with Gasteiger partial charge in [-0.3, -0.25) is 0 Å². The van der Waals surface area contributed by atoms with Gasteiger partial charge in [0.05, 0.1) is 19.0 Å². The number of anilines is 1. The molecule has 116 valence electrons. The van der Waals surface area contributed by atoms with Crippen molar-refractivity contribution in [2.45, 2.75) is 19.9 Å². The zero-order valence-electron chi connectivity index (χ0n) is 12.6. The number of hydrogen-bond acceptors (Lipinski definition) is 6. The van der Waals surface area contributed by atoms with Gasteiger partial charge in [0.2, 0.25) is 5.76 Å². The molecular weight excluding hydrogens is 294 g/mol. The zero-order valence-corrected chi connectivity index (χ0v) is 12.6. The molecule has 0 radical (unpaired) electrons. The van der Waals surface area contributed by atoms with Crippen molar-refractivity contribution >= 4 is 11.5 Å². The molecule has 0 spiro atoms. The maximum atomic E-state index is 5.30. The Bertz CT molecular complexity index is 923. The van der Waals surface area contributed by atoms with Gasteiger partial charge in [0.25, 0.3) is 0 Å². The molecule has 0 saturated heterocycles. The molecule has 7 nitrogen and oxygen atoms in total. The molecule has 1 N–H and O–H groups in total. The summed E-state index contributed by atoms with van der Waals surface area (Å²) in [4.78, 5) is 4.52. The number of nitrogens with one attached hydrogen (secondary N) is 1. The van der Waals surface area contributed by atoms with Crippen LogP contribution in [0.5, 0.6) is 0 Å². The second kappa shape index (κ2) is 5.60. The third-order valence-corrected chi connectivity index (χ3v) is 3.55. The first-order valence-corrected chi connectivity index (χ1v) is 7.40. The number of furan rings is 1. The molecule has 0 bridgehead atoms. The molecule has 0 amide bonds. The van der Waals surface area contributed by atoms with Crippen molar-refractivity contribution in [2.75, 3.05) is 5.32 Å². The summed E-state index contributed by atoms with van der Waals surface area (Å²) in [6.07, 6.45) is 4.20. The summed E-state index contributed by atoms with van der Waals surface area (Å²) in [5.74, 6) is 2.15. The van der Waals surface area contributed by atoms with Gasteiger partial charge in [-0.15, -0.1) is 0 Å². The summed E-state index contributed by atoms with van der Waals surface area (Å²) in [7, 11) is 0. The van der Waals surface area contributed by atoms with Crippen molar-refractivity contribution in [3.8, 4) is 11.5 Å². The highest BCUT2D eigenvalue weighted by atomic mass is 16.5. The molecule has 4 rings (SSSR count). The summed E-state index contributed by atoms with van der Waals surface area (Å²) >= 11 is 0. The lowest BCUT2D eigenvalue weighted by Crippen LogP contribution is -2.07. The second-order valence-corrected chi connectivity index (χ2v) is 5.10. The molecule has 0 aromatic carbocycles. The molecule has 23 heavy (non-hydrogen) atoms. The van der Waals surface area contributed by atoms with Gasteiger partial charge in [0, 0.05) is 23.9 Å². The third kappa shape index (κ3) is 2.57. The van der Waals surface area contributed by atoms with E-state index in [1.165, 1.54) is 0 Å². The first kappa shape index (κ1) is 13.6. The fourth-order valence-corrected chi connectivity index (χ4v) is 2.38. The lowest BCUT2D eigenvalue weighted by atomic mass is 10.3. The average Bonchev–Trinajstić information content (AvgIpc) is 3.32. The summed E-state index contributed by atoms with van der Waals surface area (Å²) in [5.41, 5.74) is 2.62. The van der Waals surface area contributed by atoms with Crippen LogP contribution in [0.25, 0.3) is 17.2 Å². The van der Waals surface area contributed by atoms with Crippen LogP contribution >= 0.6 is 0 Å². The second-order valence-electron chi connectivity index (χ2n) is 5.10. The molecule has 0 aliphatic heterocycles. The first-order chi connectivity index (χ1) is 11.3. The highest BCUT2D eigenvalue weighted by molar-refractivity contribution is 5.51. The van der Waals surface area contributed by atoms with Crippen LogP contribution in [0.15, 0.2) is 51.7 Å². The van der Waals surface area contributed by atoms with Gasteiger partial charge in [-0.1, -0.05) is 12.1 Å². The van der Waals surface area contributed by atoms with Gasteiger partial charge < -0.3 is 14.3 Å². The third-order valence-electron chi connectivity index (χ3n) is 3.55. The Morgan fingerprint density at radius 1 is 1.17 bits per heavy atom. The molecule has 0 aliphatic rings. The van der Waals surface area contributed by atoms with E-state index in [9.17, 15) is 0 Å². The van der Waals surface area contributed by atoms with E-state index in [2.05, 4.69) is 27.5 Å². The van der Waals surface area contributed by atoms with E-state index >= 15 is 0 Å². The molecule has 0 saturated carbocycles. The molecule has 4 heterocycles. The number of fused-ring (bicyclic) bond motifs is 1. The van der Waals surface area contributed by atoms with Crippen molar-refractivity contribution < 1.29 is 8.94 Å². The lowest BCUT2D eigenvalue weighted by molar-refractivity contribution is 0.411. The van der Waals surface area contributed by atoms with Crippen molar-refractivity contribution in [1.82, 2.24) is 19.8 Å². The van der Waals surface area contributed by atoms with Crippen LogP contribution in [0.4, 0.5) is 5.82 Å². The smallest absolute Gasteiger partial charge is 0.202 e. The molecular formula is C16H15N5O2. The summed E-state index contributed by atoms with van der Waals surface area (Å²) < 4.78 is 12.4. The summed E-state index contributed by atoms with van der Waals surface area (Å²) in [6, 6.07) is 9.38. The monoisotopic (exact) mass is 309 g/mol. The van der Waals surface area contributed by atoms with Crippen molar-refractivity contribution in [3.05, 3.63) is 54.2 Å². The predicted octanol–water partition coefficient (Wildman–Crippen LogP) is 3.15. The van der Waals surface area contributed by atoms with E-state index in [0.717, 1.165) is 29.3 Å². The zero-order chi connectivity index (χ0) is 15.6. The van der Waals surface area contributed by atoms with Crippen LogP contribution < -0.4 is 5.32 Å². The Morgan fingerprint density at radius 2 is 2.13 bits per heavy atom. The molecule has 0 fully saturated rings.